The highest BCUT2D eigenvalue weighted by Crippen LogP contribution is 2.40. The van der Waals surface area contributed by atoms with E-state index in [1.165, 1.54) is 14.0 Å². The number of nitrogens with zero attached hydrogens (tertiary/aromatic N) is 3. The standard InChI is InChI=1S/C52H90N4O14/c1-15-40-52(10,63)44(58)34(6)55(12)27-30(2)25-50(8,62)46(32(4)43(33(5)48(61)68-40)69-41-26-51(9,64-14)45(59)35(7)67-41)70-49-42(57)38(23-31(3)66-49)54(11)22-21-53-47(60)39-24-37(28-56(39)13)65-29-36-19-17-16-18-20-36/h16-20,30-35,37-46,49,57-59,62-63H,15,21-29H2,1-14H3,(H,53,60)/t30-,31-,32+,33-,34-,35+,37-,38+,39+,40-,41+,42-,43+,44-,45+,46-,49+,50-,51-,52-/m1/s1. The molecule has 0 aliphatic carbocycles. The van der Waals surface area contributed by atoms with Crippen molar-refractivity contribution in [2.45, 2.75) is 210 Å². The monoisotopic (exact) mass is 995 g/mol. The van der Waals surface area contributed by atoms with Crippen LogP contribution < -0.4 is 5.32 Å². The van der Waals surface area contributed by atoms with E-state index in [2.05, 4.69) is 5.32 Å². The highest BCUT2D eigenvalue weighted by Gasteiger charge is 2.53. The number of carbonyl (C=O) groups is 2. The molecule has 4 aliphatic heterocycles. The SMILES string of the molecule is CC[C@H]1OC(=O)[C@H](C)[C@@H](O[C@H]2C[C@@](C)(OC)[C@@H](O)[C@H](C)O2)[C@H](C)[C@@H](O[C@@H]2O[C@H](C)C[C@H](N(C)CCNC(=O)[C@@H]3C[C@@H](OCc4ccccc4)CN3C)[C@H]2O)[C@](C)(O)C[C@@H](C)CN(C)[C@H](C)[C@@H](O)[C@]1(C)O. The fourth-order valence-electron chi connectivity index (χ4n) is 11.5. The average Bonchev–Trinajstić information content (AvgIpc) is 3.69. The molecule has 5 rings (SSSR count). The Morgan fingerprint density at radius 3 is 2.23 bits per heavy atom. The Balaban J connectivity index is 1.39. The van der Waals surface area contributed by atoms with Gasteiger partial charge in [-0.1, -0.05) is 51.1 Å². The number of amides is 1. The van der Waals surface area contributed by atoms with Crippen molar-refractivity contribution in [1.82, 2.24) is 20.0 Å². The predicted molar refractivity (Wildman–Crippen MR) is 262 cm³/mol. The van der Waals surface area contributed by atoms with Crippen LogP contribution in [0, 0.1) is 17.8 Å². The fraction of sp³-hybridized carbons (Fsp3) is 0.846. The second-order valence-electron chi connectivity index (χ2n) is 22.1. The molecule has 4 fully saturated rings. The molecule has 70 heavy (non-hydrogen) atoms. The molecule has 18 heteroatoms. The topological polar surface area (TPSA) is 222 Å². The van der Waals surface area contributed by atoms with Crippen LogP contribution in [0.5, 0.6) is 0 Å². The number of likely N-dealkylation sites (tertiary alicyclic amines) is 1. The third-order valence-electron chi connectivity index (χ3n) is 16.0. The number of rotatable bonds is 14. The number of hydrogen-bond acceptors (Lipinski definition) is 17. The maximum absolute atomic E-state index is 14.5. The van der Waals surface area contributed by atoms with Gasteiger partial charge in [0.2, 0.25) is 5.91 Å². The van der Waals surface area contributed by atoms with Crippen molar-refractivity contribution in [2.24, 2.45) is 17.8 Å². The first-order chi connectivity index (χ1) is 32.7. The summed E-state index contributed by atoms with van der Waals surface area (Å²) in [6.07, 6.45) is -8.71. The molecule has 1 aromatic carbocycles. The zero-order valence-corrected chi connectivity index (χ0v) is 44.5. The minimum Gasteiger partial charge on any atom is -0.459 e. The van der Waals surface area contributed by atoms with Gasteiger partial charge in [-0.3, -0.25) is 19.4 Å². The van der Waals surface area contributed by atoms with Gasteiger partial charge in [0.15, 0.2) is 12.6 Å². The molecule has 402 valence electrons. The number of ether oxygens (including phenoxy) is 7. The predicted octanol–water partition coefficient (Wildman–Crippen LogP) is 2.68. The summed E-state index contributed by atoms with van der Waals surface area (Å²) in [4.78, 5) is 33.9. The van der Waals surface area contributed by atoms with Gasteiger partial charge >= 0.3 is 5.97 Å². The van der Waals surface area contributed by atoms with Crippen LogP contribution in [-0.4, -0.2) is 209 Å². The summed E-state index contributed by atoms with van der Waals surface area (Å²) in [5.74, 6) is -2.90. The van der Waals surface area contributed by atoms with E-state index in [9.17, 15) is 35.1 Å². The number of benzene rings is 1. The summed E-state index contributed by atoms with van der Waals surface area (Å²) in [7, 11) is 7.15. The van der Waals surface area contributed by atoms with Gasteiger partial charge in [-0.05, 0) is 107 Å². The molecular formula is C52H90N4O14. The second-order valence-corrected chi connectivity index (χ2v) is 22.1. The average molecular weight is 995 g/mol. The highest BCUT2D eigenvalue weighted by atomic mass is 16.7. The molecule has 6 N–H and O–H groups in total. The van der Waals surface area contributed by atoms with Crippen molar-refractivity contribution in [1.29, 1.82) is 0 Å². The van der Waals surface area contributed by atoms with Crippen LogP contribution in [0.2, 0.25) is 0 Å². The van der Waals surface area contributed by atoms with Gasteiger partial charge < -0.3 is 68.9 Å². The molecule has 4 saturated heterocycles. The molecule has 0 unspecified atom stereocenters. The molecule has 0 radical (unpaired) electrons. The minimum absolute atomic E-state index is 0.0703. The summed E-state index contributed by atoms with van der Waals surface area (Å²) in [5, 5.41) is 62.7. The first-order valence-electron chi connectivity index (χ1n) is 25.6. The third-order valence-corrected chi connectivity index (χ3v) is 16.0. The Labute approximate surface area is 417 Å². The molecular weight excluding hydrogens is 905 g/mol. The molecule has 20 atom stereocenters. The first kappa shape index (κ1) is 58.5. The van der Waals surface area contributed by atoms with Crippen LogP contribution >= 0.6 is 0 Å². The van der Waals surface area contributed by atoms with E-state index in [0.29, 0.717) is 45.6 Å². The number of aliphatic hydroxyl groups is 5. The van der Waals surface area contributed by atoms with E-state index < -0.39 is 102 Å². The number of esters is 1. The summed E-state index contributed by atoms with van der Waals surface area (Å²) in [5.41, 5.74) is -3.46. The molecule has 0 saturated carbocycles. The Morgan fingerprint density at radius 1 is 0.914 bits per heavy atom. The number of cyclic esters (lactones) is 1. The van der Waals surface area contributed by atoms with Crippen LogP contribution in [-0.2, 0) is 49.4 Å². The first-order valence-corrected chi connectivity index (χ1v) is 25.6. The number of nitrogens with one attached hydrogen (secondary N) is 1. The van der Waals surface area contributed by atoms with Crippen LogP contribution in [0.3, 0.4) is 0 Å². The number of hydrogen-bond donors (Lipinski definition) is 6. The lowest BCUT2D eigenvalue weighted by Crippen LogP contribution is -2.61. The third kappa shape index (κ3) is 14.0. The van der Waals surface area contributed by atoms with Gasteiger partial charge in [-0.2, -0.15) is 0 Å². The lowest BCUT2D eigenvalue weighted by molar-refractivity contribution is -0.318. The Hall–Kier alpha value is -2.40. The molecule has 4 heterocycles. The van der Waals surface area contributed by atoms with E-state index >= 15 is 0 Å². The van der Waals surface area contributed by atoms with Gasteiger partial charge in [0, 0.05) is 57.7 Å². The molecule has 4 aliphatic rings. The van der Waals surface area contributed by atoms with Crippen LogP contribution in [0.4, 0.5) is 0 Å². The largest absolute Gasteiger partial charge is 0.459 e. The quantitative estimate of drug-likeness (QED) is 0.148. The smallest absolute Gasteiger partial charge is 0.311 e. The number of carbonyl (C=O) groups excluding carboxylic acids is 2. The molecule has 1 aromatic rings. The fourth-order valence-corrected chi connectivity index (χ4v) is 11.5. The Morgan fingerprint density at radius 2 is 1.59 bits per heavy atom. The Kier molecular flexibility index (Phi) is 20.7. The molecule has 0 spiro atoms. The lowest BCUT2D eigenvalue weighted by Gasteiger charge is -2.49. The van der Waals surface area contributed by atoms with Crippen molar-refractivity contribution in [3.8, 4) is 0 Å². The van der Waals surface area contributed by atoms with E-state index in [1.807, 2.05) is 86.9 Å². The van der Waals surface area contributed by atoms with Gasteiger partial charge in [0.25, 0.3) is 0 Å². The van der Waals surface area contributed by atoms with Crippen LogP contribution in [0.1, 0.15) is 107 Å². The normalized spacial score (nSPS) is 43.3. The zero-order chi connectivity index (χ0) is 52.0. The van der Waals surface area contributed by atoms with Crippen molar-refractivity contribution in [2.75, 3.05) is 54.4 Å². The summed E-state index contributed by atoms with van der Waals surface area (Å²) < 4.78 is 44.4. The van der Waals surface area contributed by atoms with Crippen molar-refractivity contribution in [3.63, 3.8) is 0 Å². The van der Waals surface area contributed by atoms with Gasteiger partial charge in [-0.15, -0.1) is 0 Å². The molecule has 0 bridgehead atoms. The highest BCUT2D eigenvalue weighted by molar-refractivity contribution is 5.82. The van der Waals surface area contributed by atoms with E-state index in [4.69, 9.17) is 33.2 Å². The number of methoxy groups -OCH3 is 1. The van der Waals surface area contributed by atoms with Crippen molar-refractivity contribution < 1.29 is 68.3 Å². The summed E-state index contributed by atoms with van der Waals surface area (Å²) >= 11 is 0. The molecule has 1 amide bonds. The zero-order valence-electron chi connectivity index (χ0n) is 44.5. The van der Waals surface area contributed by atoms with Crippen LogP contribution in [0.15, 0.2) is 30.3 Å². The van der Waals surface area contributed by atoms with Crippen molar-refractivity contribution in [3.05, 3.63) is 35.9 Å². The van der Waals surface area contributed by atoms with E-state index in [0.717, 1.165) is 5.56 Å². The summed E-state index contributed by atoms with van der Waals surface area (Å²) in [6.45, 7) is 19.8. The maximum Gasteiger partial charge on any atom is 0.311 e. The van der Waals surface area contributed by atoms with Crippen molar-refractivity contribution >= 4 is 11.9 Å². The van der Waals surface area contributed by atoms with Crippen LogP contribution in [0.25, 0.3) is 0 Å². The van der Waals surface area contributed by atoms with Gasteiger partial charge in [0.05, 0.1) is 60.3 Å². The Bertz CT molecular complexity index is 1800. The minimum atomic E-state index is -1.84. The molecule has 0 aromatic heterocycles. The van der Waals surface area contributed by atoms with Gasteiger partial charge in [-0.25, -0.2) is 0 Å². The lowest BCUT2D eigenvalue weighted by atomic mass is 9.77. The summed E-state index contributed by atoms with van der Waals surface area (Å²) in [6, 6.07) is 8.59. The number of aliphatic hydroxyl groups excluding tert-OH is 3. The maximum atomic E-state index is 14.5. The second kappa shape index (κ2) is 24.8. The van der Waals surface area contributed by atoms with Gasteiger partial charge in [0.1, 0.15) is 30.0 Å². The van der Waals surface area contributed by atoms with E-state index in [-0.39, 0.29) is 49.3 Å². The van der Waals surface area contributed by atoms with E-state index in [1.54, 1.807) is 41.5 Å². The number of likely N-dealkylation sites (N-methyl/N-ethyl adjacent to an activating group) is 3. The molecule has 18 nitrogen and oxygen atoms in total.